The summed E-state index contributed by atoms with van der Waals surface area (Å²) in [5.74, 6) is 1.50. The van der Waals surface area contributed by atoms with Crippen molar-refractivity contribution in [1.82, 2.24) is 9.80 Å². The number of nitrogens with zero attached hydrogens (tertiary/aromatic N) is 2. The van der Waals surface area contributed by atoms with Crippen molar-refractivity contribution in [1.29, 1.82) is 0 Å². The van der Waals surface area contributed by atoms with Crippen molar-refractivity contribution in [2.75, 3.05) is 39.4 Å². The van der Waals surface area contributed by atoms with Crippen LogP contribution in [0.15, 0.2) is 0 Å². The molecule has 3 aliphatic heterocycles. The van der Waals surface area contributed by atoms with Gasteiger partial charge in [-0.25, -0.2) is 0 Å². The predicted octanol–water partition coefficient (Wildman–Crippen LogP) is 4.33. The molecule has 8 fully saturated rings. The molecule has 3 saturated heterocycles. The zero-order chi connectivity index (χ0) is 36.5. The summed E-state index contributed by atoms with van der Waals surface area (Å²) in [5.41, 5.74) is 6.19. The summed E-state index contributed by atoms with van der Waals surface area (Å²) >= 11 is 0. The molecule has 5 aliphatic carbocycles. The molecule has 2 spiro atoms. The second-order valence-electron chi connectivity index (χ2n) is 19.9. The molecule has 290 valence electrons. The van der Waals surface area contributed by atoms with Gasteiger partial charge in [0.15, 0.2) is 6.29 Å². The van der Waals surface area contributed by atoms with Gasteiger partial charge in [-0.2, -0.15) is 0 Å². The van der Waals surface area contributed by atoms with Crippen LogP contribution in [0, 0.1) is 45.3 Å². The van der Waals surface area contributed by atoms with Crippen molar-refractivity contribution in [2.24, 2.45) is 51.1 Å². The molecule has 0 aromatic heterocycles. The van der Waals surface area contributed by atoms with Gasteiger partial charge in [0, 0.05) is 26.2 Å². The zero-order valence-corrected chi connectivity index (χ0v) is 32.9. The Kier molecular flexibility index (Phi) is 8.96. The number of hydrogen-bond donors (Lipinski definition) is 3. The molecule has 1 amide bonds. The Morgan fingerprint density at radius 3 is 2.45 bits per heavy atom. The van der Waals surface area contributed by atoms with Crippen molar-refractivity contribution >= 4 is 5.91 Å². The minimum Gasteiger partial charge on any atom is -0.388 e. The van der Waals surface area contributed by atoms with Gasteiger partial charge in [0.2, 0.25) is 5.91 Å². The van der Waals surface area contributed by atoms with Gasteiger partial charge in [0.25, 0.3) is 0 Å². The van der Waals surface area contributed by atoms with Gasteiger partial charge in [0.1, 0.15) is 6.10 Å². The zero-order valence-electron chi connectivity index (χ0n) is 32.9. The van der Waals surface area contributed by atoms with Crippen LogP contribution in [-0.2, 0) is 23.7 Å². The minimum atomic E-state index is -1.06. The Morgan fingerprint density at radius 2 is 1.76 bits per heavy atom. The SMILES string of the molecule is CCO[C@@H](C1C[C@@H](C)[C@H]2C(O1)[C@H](O)[C@@]1(N)C3CC[C@H]4C(C)(C)[C@@H](O[C@H]5CN(C6CCN(CC)C6=O)CCO5)CC[C@@]45C[C@@]35CC[C@]21C)C(C)(C)O. The number of hydrogen-bond acceptors (Lipinski definition) is 9. The van der Waals surface area contributed by atoms with Crippen LogP contribution >= 0.6 is 0 Å². The summed E-state index contributed by atoms with van der Waals surface area (Å²) in [6.07, 6.45) is 7.27. The van der Waals surface area contributed by atoms with E-state index in [4.69, 9.17) is 24.7 Å². The highest BCUT2D eigenvalue weighted by atomic mass is 16.7. The number of carbonyl (C=O) groups excluding carboxylic acids is 1. The standard InChI is InChI=1S/C41H69N3O7/c1-9-43-18-14-25(35(43)46)44-19-20-49-30(22-44)51-29-13-15-39-23-40(39)17-16-38(8)31-24(3)21-26(34(48-10-2)37(6,7)47)50-32(31)33(45)41(38,42)28(40)12-11-27(39)36(29,4)5/h24-34,45,47H,9-23,42H2,1-8H3/t24-,25?,26?,27+,28?,29+,30+,31+,32?,33+,34+,38-,39-,40+,41+/m1/s1. The first-order valence-electron chi connectivity index (χ1n) is 20.8. The van der Waals surface area contributed by atoms with Crippen LogP contribution in [0.3, 0.4) is 0 Å². The molecule has 0 aromatic carbocycles. The van der Waals surface area contributed by atoms with Crippen LogP contribution in [0.5, 0.6) is 0 Å². The second kappa shape index (κ2) is 12.3. The fraction of sp³-hybridized carbons (Fsp3) is 0.976. The highest BCUT2D eigenvalue weighted by Gasteiger charge is 2.85. The van der Waals surface area contributed by atoms with Crippen LogP contribution in [0.1, 0.15) is 113 Å². The van der Waals surface area contributed by atoms with Gasteiger partial charge in [-0.15, -0.1) is 0 Å². The summed E-state index contributed by atoms with van der Waals surface area (Å²) in [6, 6.07) is -0.0496. The fourth-order valence-electron chi connectivity index (χ4n) is 14.9. The average Bonchev–Trinajstić information content (AvgIpc) is 3.53. The number of morpholine rings is 1. The number of nitrogens with two attached hydrogens (primary N) is 1. The minimum absolute atomic E-state index is 0.0262. The molecule has 4 unspecified atom stereocenters. The molecule has 10 heteroatoms. The summed E-state index contributed by atoms with van der Waals surface area (Å²) in [6.45, 7) is 21.3. The van der Waals surface area contributed by atoms with Gasteiger partial charge >= 0.3 is 0 Å². The Morgan fingerprint density at radius 1 is 1.04 bits per heavy atom. The average molecular weight is 716 g/mol. The van der Waals surface area contributed by atoms with E-state index in [9.17, 15) is 15.0 Å². The molecule has 51 heavy (non-hydrogen) atoms. The van der Waals surface area contributed by atoms with Crippen molar-refractivity contribution in [2.45, 2.75) is 167 Å². The number of amides is 1. The molecular formula is C41H69N3O7. The lowest BCUT2D eigenvalue weighted by Crippen LogP contribution is -2.70. The normalized spacial score (nSPS) is 51.3. The van der Waals surface area contributed by atoms with E-state index in [1.54, 1.807) is 13.8 Å². The maximum atomic E-state index is 13.0. The number of rotatable bonds is 8. The van der Waals surface area contributed by atoms with Gasteiger partial charge in [-0.1, -0.05) is 27.7 Å². The Balaban J connectivity index is 0.998. The monoisotopic (exact) mass is 716 g/mol. The topological polar surface area (TPSA) is 127 Å². The maximum absolute atomic E-state index is 13.0. The van der Waals surface area contributed by atoms with E-state index in [1.165, 1.54) is 12.8 Å². The first-order chi connectivity index (χ1) is 24.0. The largest absolute Gasteiger partial charge is 0.388 e. The quantitative estimate of drug-likeness (QED) is 0.337. The fourth-order valence-corrected chi connectivity index (χ4v) is 14.9. The van der Waals surface area contributed by atoms with Crippen molar-refractivity contribution in [3.05, 3.63) is 0 Å². The number of likely N-dealkylation sites (tertiary alicyclic amines) is 1. The molecule has 4 N–H and O–H groups in total. The number of aliphatic hydroxyl groups is 2. The van der Waals surface area contributed by atoms with E-state index >= 15 is 0 Å². The number of fused-ring (bicyclic) bond motifs is 4. The van der Waals surface area contributed by atoms with Crippen molar-refractivity contribution in [3.8, 4) is 0 Å². The number of aliphatic hydroxyl groups excluding tert-OH is 1. The number of ether oxygens (including phenoxy) is 4. The lowest BCUT2D eigenvalue weighted by Gasteiger charge is -2.63. The highest BCUT2D eigenvalue weighted by molar-refractivity contribution is 5.84. The van der Waals surface area contributed by atoms with E-state index in [1.807, 2.05) is 11.8 Å². The van der Waals surface area contributed by atoms with Gasteiger partial charge in [-0.05, 0) is 131 Å². The van der Waals surface area contributed by atoms with Crippen LogP contribution in [0.25, 0.3) is 0 Å². The maximum Gasteiger partial charge on any atom is 0.239 e. The van der Waals surface area contributed by atoms with Gasteiger partial charge < -0.3 is 39.8 Å². The molecular weight excluding hydrogens is 646 g/mol. The van der Waals surface area contributed by atoms with E-state index in [0.29, 0.717) is 31.6 Å². The molecule has 8 aliphatic rings. The molecule has 10 nitrogen and oxygen atoms in total. The number of likely N-dealkylation sites (N-methyl/N-ethyl adjacent to an activating group) is 1. The predicted molar refractivity (Wildman–Crippen MR) is 193 cm³/mol. The molecule has 0 radical (unpaired) electrons. The number of carbonyl (C=O) groups is 1. The van der Waals surface area contributed by atoms with Crippen LogP contribution in [0.2, 0.25) is 0 Å². The summed E-state index contributed by atoms with van der Waals surface area (Å²) in [5, 5.41) is 23.6. The van der Waals surface area contributed by atoms with Crippen molar-refractivity contribution in [3.63, 3.8) is 0 Å². The lowest BCUT2D eigenvalue weighted by molar-refractivity contribution is -0.248. The first-order valence-corrected chi connectivity index (χ1v) is 20.8. The Labute approximate surface area is 306 Å². The van der Waals surface area contributed by atoms with E-state index in [2.05, 4.69) is 39.5 Å². The third kappa shape index (κ3) is 5.05. The van der Waals surface area contributed by atoms with E-state index in [0.717, 1.165) is 64.6 Å². The molecule has 0 bridgehead atoms. The molecule has 3 heterocycles. The Bertz CT molecular complexity index is 1360. The highest BCUT2D eigenvalue weighted by Crippen LogP contribution is 2.87. The summed E-state index contributed by atoms with van der Waals surface area (Å²) < 4.78 is 26.2. The smallest absolute Gasteiger partial charge is 0.239 e. The molecule has 0 aromatic rings. The van der Waals surface area contributed by atoms with Crippen LogP contribution in [-0.4, -0.2) is 119 Å². The summed E-state index contributed by atoms with van der Waals surface area (Å²) in [7, 11) is 0. The van der Waals surface area contributed by atoms with Gasteiger partial charge in [0.05, 0.1) is 54.7 Å². The lowest BCUT2D eigenvalue weighted by atomic mass is 9.43. The third-order valence-electron chi connectivity index (χ3n) is 17.1. The van der Waals surface area contributed by atoms with Gasteiger partial charge in [-0.3, -0.25) is 9.69 Å². The first kappa shape index (κ1) is 37.1. The van der Waals surface area contributed by atoms with E-state index < -0.39 is 23.3 Å². The van der Waals surface area contributed by atoms with E-state index in [-0.39, 0.29) is 70.0 Å². The van der Waals surface area contributed by atoms with Crippen LogP contribution < -0.4 is 5.73 Å². The molecule has 15 atom stereocenters. The molecule has 8 rings (SSSR count). The molecule has 5 saturated carbocycles. The van der Waals surface area contributed by atoms with Crippen LogP contribution in [0.4, 0.5) is 0 Å². The van der Waals surface area contributed by atoms with Crippen molar-refractivity contribution < 1.29 is 34.0 Å². The third-order valence-corrected chi connectivity index (χ3v) is 17.1. The second-order valence-corrected chi connectivity index (χ2v) is 19.9. The summed E-state index contributed by atoms with van der Waals surface area (Å²) in [4.78, 5) is 17.3. The Hall–Kier alpha value is -0.850.